The Morgan fingerprint density at radius 2 is 1.68 bits per heavy atom. The number of rotatable bonds is 3. The van der Waals surface area contributed by atoms with Crippen LogP contribution in [-0.4, -0.2) is 38.2 Å². The van der Waals surface area contributed by atoms with Gasteiger partial charge in [-0.1, -0.05) is 65.4 Å². The third-order valence-corrected chi connectivity index (χ3v) is 11.1. The van der Waals surface area contributed by atoms with Crippen molar-refractivity contribution in [1.29, 1.82) is 0 Å². The van der Waals surface area contributed by atoms with Crippen LogP contribution in [0.3, 0.4) is 0 Å². The average molecular weight is 362 g/mol. The van der Waals surface area contributed by atoms with Gasteiger partial charge in [-0.05, 0) is 61.0 Å². The van der Waals surface area contributed by atoms with E-state index in [0.717, 1.165) is 11.5 Å². The Kier molecular flexibility index (Phi) is 5.52. The highest BCUT2D eigenvalue weighted by Crippen LogP contribution is 2.49. The number of phenols is 1. The van der Waals surface area contributed by atoms with Crippen LogP contribution < -0.4 is 5.19 Å². The molecule has 0 radical (unpaired) electrons. The van der Waals surface area contributed by atoms with Gasteiger partial charge in [0.2, 0.25) is 0 Å². The Balaban J connectivity index is 2.61. The number of aryl methyl sites for hydroxylation is 1. The highest BCUT2D eigenvalue weighted by Gasteiger charge is 2.50. The van der Waals surface area contributed by atoms with Gasteiger partial charge >= 0.3 is 0 Å². The van der Waals surface area contributed by atoms with Crippen LogP contribution >= 0.6 is 0 Å². The minimum atomic E-state index is -1.85. The van der Waals surface area contributed by atoms with Gasteiger partial charge in [-0.2, -0.15) is 0 Å². The van der Waals surface area contributed by atoms with E-state index in [4.69, 9.17) is 0 Å². The first-order valence-electron chi connectivity index (χ1n) is 9.79. The molecule has 0 bridgehead atoms. The fourth-order valence-corrected chi connectivity index (χ4v) is 9.88. The summed E-state index contributed by atoms with van der Waals surface area (Å²) in [6.45, 7) is 18.6. The predicted octanol–water partition coefficient (Wildman–Crippen LogP) is 4.89. The molecule has 1 fully saturated rings. The van der Waals surface area contributed by atoms with Gasteiger partial charge in [0.25, 0.3) is 0 Å². The normalized spacial score (nSPS) is 28.0. The molecule has 0 aliphatic heterocycles. The maximum atomic E-state index is 11.2. The number of hydrogen-bond acceptors (Lipinski definition) is 2. The van der Waals surface area contributed by atoms with Crippen LogP contribution in [0.1, 0.15) is 52.2 Å². The van der Waals surface area contributed by atoms with Gasteiger partial charge in [0.05, 0.1) is 8.07 Å². The molecule has 1 saturated carbocycles. The van der Waals surface area contributed by atoms with Gasteiger partial charge in [0, 0.05) is 6.04 Å². The molecule has 0 aromatic heterocycles. The fraction of sp³-hybridized carbons (Fsp3) is 0.727. The molecule has 2 nitrogen and oxygen atoms in total. The molecule has 0 spiro atoms. The third-order valence-electron chi connectivity index (χ3n) is 6.74. The quantitative estimate of drug-likeness (QED) is 0.775. The summed E-state index contributed by atoms with van der Waals surface area (Å²) >= 11 is 0. The molecule has 142 valence electrons. The smallest absolute Gasteiger partial charge is 0.118 e. The lowest BCUT2D eigenvalue weighted by Crippen LogP contribution is -2.53. The summed E-state index contributed by atoms with van der Waals surface area (Å²) in [6, 6.07) is 5.07. The van der Waals surface area contributed by atoms with Crippen molar-refractivity contribution in [2.24, 2.45) is 11.8 Å². The summed E-state index contributed by atoms with van der Waals surface area (Å²) in [5.74, 6) is 2.02. The molecule has 0 saturated heterocycles. The monoisotopic (exact) mass is 361 g/mol. The van der Waals surface area contributed by atoms with Gasteiger partial charge < -0.3 is 10.0 Å². The van der Waals surface area contributed by atoms with E-state index in [1.165, 1.54) is 17.2 Å². The maximum absolute atomic E-state index is 11.2. The minimum Gasteiger partial charge on any atom is -0.508 e. The van der Waals surface area contributed by atoms with E-state index in [-0.39, 0.29) is 5.41 Å². The summed E-state index contributed by atoms with van der Waals surface area (Å²) in [5.41, 5.74) is 3.00. The van der Waals surface area contributed by atoms with Crippen molar-refractivity contribution in [2.45, 2.75) is 78.1 Å². The molecule has 0 amide bonds. The molecule has 3 heteroatoms. The molecular formula is C22H39NOSi. The molecule has 2 rings (SSSR count). The Morgan fingerprint density at radius 1 is 1.12 bits per heavy atom. The van der Waals surface area contributed by atoms with E-state index in [0.29, 0.717) is 23.3 Å². The van der Waals surface area contributed by atoms with Crippen molar-refractivity contribution >= 4 is 13.3 Å². The van der Waals surface area contributed by atoms with E-state index < -0.39 is 8.07 Å². The van der Waals surface area contributed by atoms with Crippen molar-refractivity contribution < 1.29 is 5.11 Å². The van der Waals surface area contributed by atoms with E-state index in [2.05, 4.69) is 85.8 Å². The Hall–Kier alpha value is -0.803. The minimum absolute atomic E-state index is 0.0368. The summed E-state index contributed by atoms with van der Waals surface area (Å²) in [5, 5.41) is 12.5. The average Bonchev–Trinajstić information content (AvgIpc) is 2.76. The second-order valence-electron chi connectivity index (χ2n) is 10.3. The van der Waals surface area contributed by atoms with Crippen molar-refractivity contribution in [1.82, 2.24) is 4.90 Å². The molecule has 4 atom stereocenters. The first-order chi connectivity index (χ1) is 11.3. The number of hydrogen-bond donors (Lipinski definition) is 1. The second kappa shape index (κ2) is 6.73. The summed E-state index contributed by atoms with van der Waals surface area (Å²) < 4.78 is 0. The first kappa shape index (κ1) is 20.5. The van der Waals surface area contributed by atoms with Gasteiger partial charge in [0.1, 0.15) is 5.75 Å². The zero-order valence-corrected chi connectivity index (χ0v) is 19.1. The van der Waals surface area contributed by atoms with Crippen LogP contribution in [0.15, 0.2) is 12.1 Å². The lowest BCUT2D eigenvalue weighted by atomic mass is 9.85. The van der Waals surface area contributed by atoms with Crippen molar-refractivity contribution in [3.05, 3.63) is 23.3 Å². The predicted molar refractivity (Wildman–Crippen MR) is 113 cm³/mol. The van der Waals surface area contributed by atoms with Crippen molar-refractivity contribution in [3.8, 4) is 5.75 Å². The Labute approximate surface area is 156 Å². The van der Waals surface area contributed by atoms with E-state index >= 15 is 0 Å². The molecule has 4 unspecified atom stereocenters. The fourth-order valence-electron chi connectivity index (χ4n) is 5.14. The maximum Gasteiger partial charge on any atom is 0.118 e. The van der Waals surface area contributed by atoms with Crippen LogP contribution in [0.25, 0.3) is 0 Å². The van der Waals surface area contributed by atoms with E-state index in [1.807, 2.05) is 0 Å². The van der Waals surface area contributed by atoms with Crippen LogP contribution in [0, 0.1) is 18.8 Å². The molecule has 1 aliphatic carbocycles. The lowest BCUT2D eigenvalue weighted by Gasteiger charge is -2.41. The largest absolute Gasteiger partial charge is 0.508 e. The number of benzene rings is 1. The molecule has 1 aromatic rings. The summed E-state index contributed by atoms with van der Waals surface area (Å²) in [6.07, 6.45) is 1.27. The Morgan fingerprint density at radius 3 is 2.16 bits per heavy atom. The van der Waals surface area contributed by atoms with E-state index in [1.54, 1.807) is 0 Å². The standard InChI is InChI=1S/C22H39NOSi/c1-14-11-17(22(4,5)6)20(24)19(12-14)25(9,10)21-16(3)15(2)13-18(21)23(7)8/h11-12,15-16,18,21,24H,13H2,1-10H3. The highest BCUT2D eigenvalue weighted by molar-refractivity contribution is 6.91. The van der Waals surface area contributed by atoms with Crippen molar-refractivity contribution in [2.75, 3.05) is 14.1 Å². The second-order valence-corrected chi connectivity index (χ2v) is 15.0. The highest BCUT2D eigenvalue weighted by atomic mass is 28.3. The summed E-state index contributed by atoms with van der Waals surface area (Å²) in [7, 11) is 2.60. The topological polar surface area (TPSA) is 23.5 Å². The lowest BCUT2D eigenvalue weighted by molar-refractivity contribution is 0.287. The molecule has 1 N–H and O–H groups in total. The zero-order valence-electron chi connectivity index (χ0n) is 18.1. The van der Waals surface area contributed by atoms with Crippen LogP contribution in [0.4, 0.5) is 0 Å². The van der Waals surface area contributed by atoms with Gasteiger partial charge in [-0.25, -0.2) is 0 Å². The number of nitrogens with zero attached hydrogens (tertiary/aromatic N) is 1. The van der Waals surface area contributed by atoms with Crippen LogP contribution in [0.5, 0.6) is 5.75 Å². The van der Waals surface area contributed by atoms with Crippen LogP contribution in [0.2, 0.25) is 18.6 Å². The number of phenolic OH excluding ortho intramolecular Hbond substituents is 1. The molecule has 1 aromatic carbocycles. The van der Waals surface area contributed by atoms with Gasteiger partial charge in [0.15, 0.2) is 0 Å². The van der Waals surface area contributed by atoms with Gasteiger partial charge in [-0.3, -0.25) is 0 Å². The number of aromatic hydroxyl groups is 1. The van der Waals surface area contributed by atoms with Gasteiger partial charge in [-0.15, -0.1) is 0 Å². The Bertz CT molecular complexity index is 630. The first-order valence-corrected chi connectivity index (χ1v) is 12.9. The third kappa shape index (κ3) is 3.68. The van der Waals surface area contributed by atoms with Crippen molar-refractivity contribution in [3.63, 3.8) is 0 Å². The molecular weight excluding hydrogens is 322 g/mol. The van der Waals surface area contributed by atoms with E-state index in [9.17, 15) is 5.11 Å². The molecule has 0 heterocycles. The summed E-state index contributed by atoms with van der Waals surface area (Å²) in [4.78, 5) is 2.43. The van der Waals surface area contributed by atoms with Crippen LogP contribution in [-0.2, 0) is 5.41 Å². The zero-order chi connectivity index (χ0) is 19.3. The molecule has 1 aliphatic rings. The SMILES string of the molecule is Cc1cc(C(C)(C)C)c(O)c([Si](C)(C)C2C(C)C(C)CC2N(C)C)c1. The molecule has 25 heavy (non-hydrogen) atoms.